The van der Waals surface area contributed by atoms with E-state index in [4.69, 9.17) is 9.47 Å². The first-order chi connectivity index (χ1) is 13.5. The van der Waals surface area contributed by atoms with Gasteiger partial charge in [-0.3, -0.25) is 9.59 Å². The number of amides is 2. The first-order valence-corrected chi connectivity index (χ1v) is 9.99. The highest BCUT2D eigenvalue weighted by atomic mass is 16.5. The maximum Gasteiger partial charge on any atom is 0.228 e. The zero-order chi connectivity index (χ0) is 20.3. The molecule has 0 N–H and O–H groups in total. The van der Waals surface area contributed by atoms with E-state index in [0.29, 0.717) is 30.3 Å². The number of likely N-dealkylation sites (tertiary alicyclic amines) is 1. The van der Waals surface area contributed by atoms with Crippen molar-refractivity contribution in [3.05, 3.63) is 18.2 Å². The molecule has 0 radical (unpaired) electrons. The van der Waals surface area contributed by atoms with Crippen LogP contribution < -0.4 is 14.4 Å². The highest BCUT2D eigenvalue weighted by Gasteiger charge is 2.39. The average molecular weight is 389 g/mol. The molecule has 0 spiro atoms. The Balaban J connectivity index is 1.74. The second-order valence-corrected chi connectivity index (χ2v) is 7.60. The summed E-state index contributed by atoms with van der Waals surface area (Å²) in [4.78, 5) is 31.9. The van der Waals surface area contributed by atoms with E-state index in [-0.39, 0.29) is 30.2 Å². The van der Waals surface area contributed by atoms with Crippen LogP contribution in [0.5, 0.6) is 11.5 Å². The van der Waals surface area contributed by atoms with Crippen LogP contribution in [0.25, 0.3) is 0 Å². The molecule has 0 saturated carbocycles. The minimum Gasteiger partial charge on any atom is -0.497 e. The standard InChI is InChI=1S/C21H31N3O4/c1-5-23(16-8-10-22(2)11-9-16)21(26)15-12-20(25)24(14-15)18-7-6-17(27-3)13-19(18)28-4/h6-7,13,15-16H,5,8-12,14H2,1-4H3/t15-/m1/s1. The fourth-order valence-electron chi connectivity index (χ4n) is 4.25. The molecule has 1 atom stereocenters. The Kier molecular flexibility index (Phi) is 6.44. The summed E-state index contributed by atoms with van der Waals surface area (Å²) in [5.41, 5.74) is 0.686. The molecular weight excluding hydrogens is 358 g/mol. The van der Waals surface area contributed by atoms with Gasteiger partial charge in [0.25, 0.3) is 0 Å². The summed E-state index contributed by atoms with van der Waals surface area (Å²) in [6.45, 7) is 5.12. The van der Waals surface area contributed by atoms with Crippen LogP contribution in [0, 0.1) is 5.92 Å². The van der Waals surface area contributed by atoms with E-state index in [9.17, 15) is 9.59 Å². The van der Waals surface area contributed by atoms with Crippen molar-refractivity contribution < 1.29 is 19.1 Å². The number of nitrogens with zero attached hydrogens (tertiary/aromatic N) is 3. The van der Waals surface area contributed by atoms with Crippen LogP contribution >= 0.6 is 0 Å². The molecule has 7 nitrogen and oxygen atoms in total. The number of piperidine rings is 1. The van der Waals surface area contributed by atoms with Crippen molar-refractivity contribution in [3.63, 3.8) is 0 Å². The van der Waals surface area contributed by atoms with Gasteiger partial charge in [-0.25, -0.2) is 0 Å². The van der Waals surface area contributed by atoms with Gasteiger partial charge in [-0.2, -0.15) is 0 Å². The van der Waals surface area contributed by atoms with E-state index in [0.717, 1.165) is 25.9 Å². The largest absolute Gasteiger partial charge is 0.497 e. The first kappa shape index (κ1) is 20.5. The third-order valence-electron chi connectivity index (χ3n) is 5.90. The van der Waals surface area contributed by atoms with Gasteiger partial charge < -0.3 is 24.2 Å². The molecule has 2 fully saturated rings. The van der Waals surface area contributed by atoms with Crippen molar-refractivity contribution in [1.82, 2.24) is 9.80 Å². The molecule has 2 amide bonds. The summed E-state index contributed by atoms with van der Waals surface area (Å²) in [6, 6.07) is 5.65. The number of carbonyl (C=O) groups excluding carboxylic acids is 2. The molecule has 2 aliphatic rings. The number of methoxy groups -OCH3 is 2. The molecule has 0 aliphatic carbocycles. The second kappa shape index (κ2) is 8.82. The van der Waals surface area contributed by atoms with Gasteiger partial charge >= 0.3 is 0 Å². The molecule has 28 heavy (non-hydrogen) atoms. The van der Waals surface area contributed by atoms with E-state index in [1.165, 1.54) is 0 Å². The van der Waals surface area contributed by atoms with Crippen LogP contribution in [0.1, 0.15) is 26.2 Å². The summed E-state index contributed by atoms with van der Waals surface area (Å²) < 4.78 is 10.7. The van der Waals surface area contributed by atoms with Crippen LogP contribution in [0.3, 0.4) is 0 Å². The molecule has 7 heteroatoms. The molecular formula is C21H31N3O4. The molecule has 2 saturated heterocycles. The molecule has 1 aromatic rings. The Bertz CT molecular complexity index is 716. The fourth-order valence-corrected chi connectivity index (χ4v) is 4.25. The van der Waals surface area contributed by atoms with E-state index in [1.807, 2.05) is 17.9 Å². The molecule has 1 aromatic carbocycles. The maximum atomic E-state index is 13.2. The maximum absolute atomic E-state index is 13.2. The Morgan fingerprint density at radius 1 is 1.21 bits per heavy atom. The zero-order valence-corrected chi connectivity index (χ0v) is 17.3. The van der Waals surface area contributed by atoms with Crippen LogP contribution in [0.15, 0.2) is 18.2 Å². The minimum atomic E-state index is -0.307. The Morgan fingerprint density at radius 2 is 1.93 bits per heavy atom. The van der Waals surface area contributed by atoms with Crippen LogP contribution in [-0.2, 0) is 9.59 Å². The van der Waals surface area contributed by atoms with Gasteiger partial charge in [0.05, 0.1) is 25.8 Å². The van der Waals surface area contributed by atoms with E-state index in [1.54, 1.807) is 31.3 Å². The second-order valence-electron chi connectivity index (χ2n) is 7.60. The summed E-state index contributed by atoms with van der Waals surface area (Å²) in [5, 5.41) is 0. The monoisotopic (exact) mass is 389 g/mol. The lowest BCUT2D eigenvalue weighted by Crippen LogP contribution is -2.48. The van der Waals surface area contributed by atoms with Crippen LogP contribution in [0.4, 0.5) is 5.69 Å². The van der Waals surface area contributed by atoms with Crippen LogP contribution in [-0.4, -0.2) is 75.1 Å². The third-order valence-corrected chi connectivity index (χ3v) is 5.90. The summed E-state index contributed by atoms with van der Waals surface area (Å²) in [6.07, 6.45) is 2.23. The highest BCUT2D eigenvalue weighted by molar-refractivity contribution is 6.01. The zero-order valence-electron chi connectivity index (χ0n) is 17.3. The summed E-state index contributed by atoms with van der Waals surface area (Å²) in [7, 11) is 5.27. The smallest absolute Gasteiger partial charge is 0.228 e. The molecule has 3 rings (SSSR count). The number of ether oxygens (including phenoxy) is 2. The quantitative estimate of drug-likeness (QED) is 0.745. The van der Waals surface area contributed by atoms with Gasteiger partial charge in [-0.05, 0) is 52.0 Å². The molecule has 2 heterocycles. The van der Waals surface area contributed by atoms with E-state index in [2.05, 4.69) is 11.9 Å². The Hall–Kier alpha value is -2.28. The average Bonchev–Trinajstić information content (AvgIpc) is 3.10. The van der Waals surface area contributed by atoms with Crippen molar-refractivity contribution >= 4 is 17.5 Å². The van der Waals surface area contributed by atoms with Crippen molar-refractivity contribution in [2.45, 2.75) is 32.2 Å². The Morgan fingerprint density at radius 3 is 2.54 bits per heavy atom. The summed E-state index contributed by atoms with van der Waals surface area (Å²) >= 11 is 0. The van der Waals surface area contributed by atoms with Crippen LogP contribution in [0.2, 0.25) is 0 Å². The van der Waals surface area contributed by atoms with Crippen molar-refractivity contribution in [3.8, 4) is 11.5 Å². The lowest BCUT2D eigenvalue weighted by Gasteiger charge is -2.38. The summed E-state index contributed by atoms with van der Waals surface area (Å²) in [5.74, 6) is 0.989. The molecule has 0 unspecified atom stereocenters. The topological polar surface area (TPSA) is 62.3 Å². The van der Waals surface area contributed by atoms with Crippen molar-refractivity contribution in [1.29, 1.82) is 0 Å². The molecule has 0 aromatic heterocycles. The normalized spacial score (nSPS) is 21.1. The van der Waals surface area contributed by atoms with Gasteiger partial charge in [0.1, 0.15) is 11.5 Å². The van der Waals surface area contributed by atoms with Gasteiger partial charge in [-0.15, -0.1) is 0 Å². The van der Waals surface area contributed by atoms with E-state index < -0.39 is 0 Å². The number of carbonyl (C=O) groups is 2. The van der Waals surface area contributed by atoms with Crippen molar-refractivity contribution in [2.75, 3.05) is 52.3 Å². The molecule has 154 valence electrons. The van der Waals surface area contributed by atoms with Gasteiger partial charge in [-0.1, -0.05) is 0 Å². The number of hydrogen-bond donors (Lipinski definition) is 0. The predicted molar refractivity (Wildman–Crippen MR) is 108 cm³/mol. The number of rotatable bonds is 6. The molecule has 2 aliphatic heterocycles. The predicted octanol–water partition coefficient (Wildman–Crippen LogP) is 2.00. The van der Waals surface area contributed by atoms with Gasteiger partial charge in [0.2, 0.25) is 11.8 Å². The van der Waals surface area contributed by atoms with Gasteiger partial charge in [0.15, 0.2) is 0 Å². The number of anilines is 1. The lowest BCUT2D eigenvalue weighted by molar-refractivity contribution is -0.138. The lowest BCUT2D eigenvalue weighted by atomic mass is 10.00. The van der Waals surface area contributed by atoms with E-state index >= 15 is 0 Å². The number of benzene rings is 1. The number of hydrogen-bond acceptors (Lipinski definition) is 5. The Labute approximate surface area is 167 Å². The highest BCUT2D eigenvalue weighted by Crippen LogP contribution is 2.36. The van der Waals surface area contributed by atoms with Crippen molar-refractivity contribution in [2.24, 2.45) is 5.92 Å². The third kappa shape index (κ3) is 4.09. The SMILES string of the molecule is CCN(C(=O)[C@@H]1CC(=O)N(c2ccc(OC)cc2OC)C1)C1CCN(C)CC1. The minimum absolute atomic E-state index is 0.0405. The molecule has 0 bridgehead atoms. The van der Waals surface area contributed by atoms with Gasteiger partial charge in [0, 0.05) is 31.6 Å². The fraction of sp³-hybridized carbons (Fsp3) is 0.619. The first-order valence-electron chi connectivity index (χ1n) is 9.99.